The number of nitrogens with one attached hydrogen (secondary N) is 1. The molecule has 17 heavy (non-hydrogen) atoms. The van der Waals surface area contributed by atoms with E-state index in [2.05, 4.69) is 5.32 Å². The number of rotatable bonds is 2. The number of amides is 1. The van der Waals surface area contributed by atoms with Gasteiger partial charge < -0.3 is 15.0 Å². The first-order valence-electron chi connectivity index (χ1n) is 6.05. The summed E-state index contributed by atoms with van der Waals surface area (Å²) in [5.74, 6) is 0. The van der Waals surface area contributed by atoms with Crippen LogP contribution in [0.25, 0.3) is 0 Å². The number of carbonyl (C=O) groups is 1. The summed E-state index contributed by atoms with van der Waals surface area (Å²) >= 11 is 0. The van der Waals surface area contributed by atoms with E-state index in [9.17, 15) is 4.79 Å². The Morgan fingerprint density at radius 1 is 1.41 bits per heavy atom. The molecule has 0 radical (unpaired) electrons. The van der Waals surface area contributed by atoms with E-state index in [1.807, 2.05) is 35.2 Å². The van der Waals surface area contributed by atoms with Gasteiger partial charge in [0.25, 0.3) is 0 Å². The molecule has 2 aliphatic rings. The van der Waals surface area contributed by atoms with Gasteiger partial charge in [0.2, 0.25) is 0 Å². The Labute approximate surface area is 101 Å². The highest BCUT2D eigenvalue weighted by molar-refractivity contribution is 5.69. The van der Waals surface area contributed by atoms with Crippen LogP contribution in [0, 0.1) is 0 Å². The van der Waals surface area contributed by atoms with Crippen molar-refractivity contribution in [1.82, 2.24) is 10.2 Å². The van der Waals surface area contributed by atoms with Crippen molar-refractivity contribution in [3.05, 3.63) is 35.9 Å². The Balaban J connectivity index is 1.54. The second-order valence-corrected chi connectivity index (χ2v) is 4.60. The zero-order valence-electron chi connectivity index (χ0n) is 9.63. The molecular formula is C13H16N2O2. The molecule has 1 amide bonds. The molecule has 2 heterocycles. The van der Waals surface area contributed by atoms with Crippen LogP contribution in [-0.4, -0.2) is 36.2 Å². The number of ether oxygens (including phenoxy) is 1. The van der Waals surface area contributed by atoms with E-state index >= 15 is 0 Å². The van der Waals surface area contributed by atoms with Crippen molar-refractivity contribution in [3.8, 4) is 0 Å². The van der Waals surface area contributed by atoms with E-state index in [0.717, 1.165) is 25.1 Å². The van der Waals surface area contributed by atoms with Crippen molar-refractivity contribution < 1.29 is 9.53 Å². The number of benzene rings is 1. The van der Waals surface area contributed by atoms with Crippen LogP contribution in [0.2, 0.25) is 0 Å². The van der Waals surface area contributed by atoms with Crippen LogP contribution in [0.5, 0.6) is 0 Å². The zero-order valence-corrected chi connectivity index (χ0v) is 9.63. The highest BCUT2D eigenvalue weighted by Crippen LogP contribution is 2.24. The molecule has 2 saturated heterocycles. The Hall–Kier alpha value is -1.55. The Kier molecular flexibility index (Phi) is 2.73. The third kappa shape index (κ3) is 2.00. The van der Waals surface area contributed by atoms with Crippen LogP contribution < -0.4 is 5.32 Å². The molecule has 0 saturated carbocycles. The highest BCUT2D eigenvalue weighted by atomic mass is 16.6. The lowest BCUT2D eigenvalue weighted by atomic mass is 10.0. The fourth-order valence-corrected chi connectivity index (χ4v) is 2.48. The lowest BCUT2D eigenvalue weighted by molar-refractivity contribution is 0.0801. The summed E-state index contributed by atoms with van der Waals surface area (Å²) in [6, 6.07) is 10.6. The molecule has 3 rings (SSSR count). The topological polar surface area (TPSA) is 41.6 Å². The summed E-state index contributed by atoms with van der Waals surface area (Å²) in [7, 11) is 0. The SMILES string of the molecule is O=C(OCc1ccccc1)N1CCC2NCC21. The minimum atomic E-state index is -0.178. The second kappa shape index (κ2) is 4.37. The van der Waals surface area contributed by atoms with Crippen LogP contribution in [0.3, 0.4) is 0 Å². The summed E-state index contributed by atoms with van der Waals surface area (Å²) in [4.78, 5) is 13.7. The molecule has 0 aromatic heterocycles. The van der Waals surface area contributed by atoms with Crippen LogP contribution in [-0.2, 0) is 11.3 Å². The minimum absolute atomic E-state index is 0.178. The van der Waals surface area contributed by atoms with Gasteiger partial charge in [0, 0.05) is 19.1 Å². The Bertz CT molecular complexity index is 407. The highest BCUT2D eigenvalue weighted by Gasteiger charge is 2.43. The summed E-state index contributed by atoms with van der Waals surface area (Å²) in [6.07, 6.45) is 0.869. The lowest BCUT2D eigenvalue weighted by Gasteiger charge is -2.36. The van der Waals surface area contributed by atoms with Crippen LogP contribution in [0.1, 0.15) is 12.0 Å². The van der Waals surface area contributed by atoms with Gasteiger partial charge >= 0.3 is 6.09 Å². The number of likely N-dealkylation sites (tertiary alicyclic amines) is 1. The maximum atomic E-state index is 11.9. The first-order valence-corrected chi connectivity index (χ1v) is 6.05. The quantitative estimate of drug-likeness (QED) is 0.837. The van der Waals surface area contributed by atoms with Crippen molar-refractivity contribution in [2.75, 3.05) is 13.1 Å². The van der Waals surface area contributed by atoms with Crippen molar-refractivity contribution in [2.45, 2.75) is 25.1 Å². The smallest absolute Gasteiger partial charge is 0.410 e. The molecular weight excluding hydrogens is 216 g/mol. The molecule has 2 aliphatic heterocycles. The van der Waals surface area contributed by atoms with Gasteiger partial charge in [-0.3, -0.25) is 0 Å². The number of carbonyl (C=O) groups excluding carboxylic acids is 1. The van der Waals surface area contributed by atoms with Gasteiger partial charge in [0.15, 0.2) is 0 Å². The fourth-order valence-electron chi connectivity index (χ4n) is 2.48. The molecule has 0 bridgehead atoms. The third-order valence-corrected chi connectivity index (χ3v) is 3.57. The van der Waals surface area contributed by atoms with Gasteiger partial charge in [-0.25, -0.2) is 4.79 Å². The van der Waals surface area contributed by atoms with Gasteiger partial charge in [-0.05, 0) is 12.0 Å². The molecule has 2 fully saturated rings. The average molecular weight is 232 g/mol. The van der Waals surface area contributed by atoms with Crippen LogP contribution in [0.15, 0.2) is 30.3 Å². The van der Waals surface area contributed by atoms with Crippen molar-refractivity contribution >= 4 is 6.09 Å². The van der Waals surface area contributed by atoms with E-state index in [0.29, 0.717) is 18.7 Å². The maximum absolute atomic E-state index is 11.9. The van der Waals surface area contributed by atoms with E-state index < -0.39 is 0 Å². The predicted octanol–water partition coefficient (Wildman–Crippen LogP) is 1.37. The Morgan fingerprint density at radius 2 is 2.24 bits per heavy atom. The van der Waals surface area contributed by atoms with E-state index in [1.165, 1.54) is 0 Å². The standard InChI is InChI=1S/C13H16N2O2/c16-13(15-7-6-11-12(15)8-14-11)17-9-10-4-2-1-3-5-10/h1-5,11-12,14H,6-9H2. The first-order chi connectivity index (χ1) is 8.34. The van der Waals surface area contributed by atoms with E-state index in [4.69, 9.17) is 4.74 Å². The average Bonchev–Trinajstić information content (AvgIpc) is 2.63. The minimum Gasteiger partial charge on any atom is -0.445 e. The molecule has 4 nitrogen and oxygen atoms in total. The summed E-state index contributed by atoms with van der Waals surface area (Å²) in [5.41, 5.74) is 1.03. The molecule has 0 spiro atoms. The number of nitrogens with zero attached hydrogens (tertiary/aromatic N) is 1. The van der Waals surface area contributed by atoms with Crippen LogP contribution in [0.4, 0.5) is 4.79 Å². The predicted molar refractivity (Wildman–Crippen MR) is 63.5 cm³/mol. The molecule has 2 atom stereocenters. The van der Waals surface area contributed by atoms with Gasteiger partial charge in [0.05, 0.1) is 6.04 Å². The van der Waals surface area contributed by atoms with Crippen molar-refractivity contribution in [1.29, 1.82) is 0 Å². The molecule has 90 valence electrons. The number of fused-ring (bicyclic) bond motifs is 1. The first kappa shape index (κ1) is 10.6. The summed E-state index contributed by atoms with van der Waals surface area (Å²) in [6.45, 7) is 2.09. The summed E-state index contributed by atoms with van der Waals surface area (Å²) in [5, 5.41) is 3.32. The van der Waals surface area contributed by atoms with Gasteiger partial charge in [-0.15, -0.1) is 0 Å². The third-order valence-electron chi connectivity index (χ3n) is 3.57. The van der Waals surface area contributed by atoms with Crippen molar-refractivity contribution in [2.24, 2.45) is 0 Å². The van der Waals surface area contributed by atoms with E-state index in [1.54, 1.807) is 0 Å². The molecule has 4 heteroatoms. The lowest BCUT2D eigenvalue weighted by Crippen LogP contribution is -2.60. The monoisotopic (exact) mass is 232 g/mol. The van der Waals surface area contributed by atoms with Crippen LogP contribution >= 0.6 is 0 Å². The molecule has 1 N–H and O–H groups in total. The molecule has 2 unspecified atom stereocenters. The van der Waals surface area contributed by atoms with E-state index in [-0.39, 0.29) is 6.09 Å². The summed E-state index contributed by atoms with van der Waals surface area (Å²) < 4.78 is 5.32. The molecule has 1 aromatic carbocycles. The van der Waals surface area contributed by atoms with Crippen molar-refractivity contribution in [3.63, 3.8) is 0 Å². The second-order valence-electron chi connectivity index (χ2n) is 4.60. The molecule has 0 aliphatic carbocycles. The fraction of sp³-hybridized carbons (Fsp3) is 0.462. The molecule has 1 aromatic rings. The Morgan fingerprint density at radius 3 is 2.88 bits per heavy atom. The number of hydrogen-bond donors (Lipinski definition) is 1. The largest absolute Gasteiger partial charge is 0.445 e. The zero-order chi connectivity index (χ0) is 11.7. The van der Waals surface area contributed by atoms with Gasteiger partial charge in [-0.1, -0.05) is 30.3 Å². The van der Waals surface area contributed by atoms with Gasteiger partial charge in [-0.2, -0.15) is 0 Å². The maximum Gasteiger partial charge on any atom is 0.410 e. The normalized spacial score (nSPS) is 26.2. The van der Waals surface area contributed by atoms with Gasteiger partial charge in [0.1, 0.15) is 6.61 Å². The number of hydrogen-bond acceptors (Lipinski definition) is 3.